The molecule has 0 fully saturated rings. The van der Waals surface area contributed by atoms with Gasteiger partial charge >= 0.3 is 0 Å². The summed E-state index contributed by atoms with van der Waals surface area (Å²) in [7, 11) is 0. The number of pyridine rings is 1. The molecule has 0 atom stereocenters. The molecular weight excluding hydrogens is 275 g/mol. The van der Waals surface area contributed by atoms with Crippen molar-refractivity contribution in [1.29, 1.82) is 0 Å². The number of H-pyrrole nitrogens is 1. The second kappa shape index (κ2) is 7.03. The Kier molecular flexibility index (Phi) is 5.10. The Morgan fingerprint density at radius 1 is 1.14 bits per heavy atom. The number of halogens is 1. The Labute approximate surface area is 130 Å². The van der Waals surface area contributed by atoms with Crippen LogP contribution in [0.1, 0.15) is 27.7 Å². The van der Waals surface area contributed by atoms with Gasteiger partial charge in [-0.3, -0.25) is 0 Å². The molecule has 2 nitrogen and oxygen atoms in total. The molecule has 0 aliphatic heterocycles. The van der Waals surface area contributed by atoms with E-state index >= 15 is 0 Å². The van der Waals surface area contributed by atoms with Gasteiger partial charge < -0.3 is 4.98 Å². The van der Waals surface area contributed by atoms with Gasteiger partial charge in [-0.1, -0.05) is 38.1 Å². The first kappa shape index (κ1) is 16.0. The van der Waals surface area contributed by atoms with Gasteiger partial charge in [0.25, 0.3) is 0 Å². The van der Waals surface area contributed by atoms with Crippen LogP contribution in [0.3, 0.4) is 0 Å². The van der Waals surface area contributed by atoms with Crippen molar-refractivity contribution in [2.24, 2.45) is 0 Å². The van der Waals surface area contributed by atoms with Crippen molar-refractivity contribution in [2.45, 2.75) is 27.7 Å². The first-order valence-corrected chi connectivity index (χ1v) is 7.57. The molecule has 0 unspecified atom stereocenters. The van der Waals surface area contributed by atoms with Gasteiger partial charge in [0, 0.05) is 27.9 Å². The van der Waals surface area contributed by atoms with Crippen LogP contribution < -0.4 is 10.6 Å². The SMILES string of the molecule is C/C=c1/nc(-c2c[nH]c3ccccc23)cc/c1=C(/C)F.CC. The number of aromatic nitrogens is 2. The minimum Gasteiger partial charge on any atom is -0.360 e. The van der Waals surface area contributed by atoms with Crippen molar-refractivity contribution < 1.29 is 4.39 Å². The number of fused-ring (bicyclic) bond motifs is 1. The number of aromatic amines is 1. The average Bonchev–Trinajstić information content (AvgIpc) is 3.00. The van der Waals surface area contributed by atoms with E-state index in [1.54, 1.807) is 6.07 Å². The van der Waals surface area contributed by atoms with E-state index in [0.717, 1.165) is 22.2 Å². The van der Waals surface area contributed by atoms with Crippen LogP contribution in [0.4, 0.5) is 4.39 Å². The molecule has 0 saturated carbocycles. The summed E-state index contributed by atoms with van der Waals surface area (Å²) in [4.78, 5) is 7.80. The maximum Gasteiger partial charge on any atom is 0.106 e. The largest absolute Gasteiger partial charge is 0.360 e. The normalized spacial score (nSPS) is 12.9. The highest BCUT2D eigenvalue weighted by Gasteiger charge is 2.07. The van der Waals surface area contributed by atoms with E-state index in [1.807, 2.05) is 57.3 Å². The predicted octanol–water partition coefficient (Wildman–Crippen LogP) is 4.15. The predicted molar refractivity (Wildman–Crippen MR) is 92.5 cm³/mol. The molecule has 114 valence electrons. The Hall–Kier alpha value is -2.42. The number of para-hydroxylation sites is 1. The third-order valence-corrected chi connectivity index (χ3v) is 3.43. The van der Waals surface area contributed by atoms with Crippen molar-refractivity contribution in [3.63, 3.8) is 0 Å². The number of hydrogen-bond acceptors (Lipinski definition) is 1. The molecule has 0 spiro atoms. The highest BCUT2D eigenvalue weighted by Crippen LogP contribution is 2.25. The highest BCUT2D eigenvalue weighted by molar-refractivity contribution is 5.94. The van der Waals surface area contributed by atoms with Crippen molar-refractivity contribution in [2.75, 3.05) is 0 Å². The Balaban J connectivity index is 0.000000847. The monoisotopic (exact) mass is 296 g/mol. The van der Waals surface area contributed by atoms with E-state index in [2.05, 4.69) is 16.0 Å². The first-order valence-electron chi connectivity index (χ1n) is 7.57. The average molecular weight is 296 g/mol. The Morgan fingerprint density at radius 3 is 2.55 bits per heavy atom. The highest BCUT2D eigenvalue weighted by atomic mass is 19.1. The van der Waals surface area contributed by atoms with E-state index in [0.29, 0.717) is 10.6 Å². The van der Waals surface area contributed by atoms with E-state index in [9.17, 15) is 4.39 Å². The van der Waals surface area contributed by atoms with E-state index in [-0.39, 0.29) is 5.83 Å². The van der Waals surface area contributed by atoms with E-state index in [1.165, 1.54) is 6.92 Å². The molecule has 1 aromatic carbocycles. The topological polar surface area (TPSA) is 28.7 Å². The van der Waals surface area contributed by atoms with Crippen molar-refractivity contribution >= 4 is 22.8 Å². The van der Waals surface area contributed by atoms with Crippen molar-refractivity contribution in [3.8, 4) is 11.3 Å². The summed E-state index contributed by atoms with van der Waals surface area (Å²) in [5.41, 5.74) is 2.95. The summed E-state index contributed by atoms with van der Waals surface area (Å²) in [6.45, 7) is 7.32. The Bertz CT molecular complexity index is 887. The summed E-state index contributed by atoms with van der Waals surface area (Å²) >= 11 is 0. The molecule has 1 N–H and O–H groups in total. The van der Waals surface area contributed by atoms with Gasteiger partial charge in [-0.15, -0.1) is 0 Å². The zero-order valence-electron chi connectivity index (χ0n) is 13.4. The summed E-state index contributed by atoms with van der Waals surface area (Å²) in [6, 6.07) is 11.7. The zero-order valence-corrected chi connectivity index (χ0v) is 13.4. The molecule has 0 amide bonds. The van der Waals surface area contributed by atoms with E-state index < -0.39 is 0 Å². The van der Waals surface area contributed by atoms with Gasteiger partial charge in [0.2, 0.25) is 0 Å². The van der Waals surface area contributed by atoms with Crippen LogP contribution in [0.2, 0.25) is 0 Å². The molecular formula is C19H21FN2. The molecule has 2 heterocycles. The fourth-order valence-corrected chi connectivity index (χ4v) is 2.42. The lowest BCUT2D eigenvalue weighted by Crippen LogP contribution is -2.29. The van der Waals surface area contributed by atoms with Crippen LogP contribution in [0, 0.1) is 0 Å². The van der Waals surface area contributed by atoms with Crippen molar-refractivity contribution in [1.82, 2.24) is 9.97 Å². The zero-order chi connectivity index (χ0) is 16.1. The molecule has 0 aliphatic carbocycles. The van der Waals surface area contributed by atoms with Crippen LogP contribution >= 0.6 is 0 Å². The second-order valence-corrected chi connectivity index (χ2v) is 4.70. The third kappa shape index (κ3) is 2.93. The number of rotatable bonds is 1. The number of nitrogens with zero attached hydrogens (tertiary/aromatic N) is 1. The molecule has 0 bridgehead atoms. The first-order chi connectivity index (χ1) is 10.7. The lowest BCUT2D eigenvalue weighted by Gasteiger charge is -2.00. The molecule has 22 heavy (non-hydrogen) atoms. The minimum absolute atomic E-state index is 0.212. The van der Waals surface area contributed by atoms with Crippen LogP contribution in [0.5, 0.6) is 0 Å². The number of nitrogens with one attached hydrogen (secondary N) is 1. The standard InChI is InChI=1S/C17H15FN2.C2H6/c1-3-15-12(11(2)18)8-9-17(20-15)14-10-19-16-7-5-4-6-13(14)16;1-2/h3-10,19H,1-2H3;1-2H3/b12-11+,15-3+;. The second-order valence-electron chi connectivity index (χ2n) is 4.70. The fraction of sp³-hybridized carbons (Fsp3) is 0.211. The number of hydrogen-bond donors (Lipinski definition) is 1. The van der Waals surface area contributed by atoms with Crippen LogP contribution in [0.15, 0.2) is 42.6 Å². The molecule has 2 aromatic heterocycles. The lowest BCUT2D eigenvalue weighted by molar-refractivity contribution is 0.739. The van der Waals surface area contributed by atoms with Gasteiger partial charge in [-0.05, 0) is 32.0 Å². The maximum absolute atomic E-state index is 13.5. The molecule has 0 saturated heterocycles. The smallest absolute Gasteiger partial charge is 0.106 e. The fourth-order valence-electron chi connectivity index (χ4n) is 2.42. The van der Waals surface area contributed by atoms with Crippen LogP contribution in [0.25, 0.3) is 34.1 Å². The Morgan fingerprint density at radius 2 is 1.86 bits per heavy atom. The van der Waals surface area contributed by atoms with E-state index in [4.69, 9.17) is 0 Å². The van der Waals surface area contributed by atoms with Gasteiger partial charge in [0.1, 0.15) is 5.83 Å². The van der Waals surface area contributed by atoms with Crippen molar-refractivity contribution in [3.05, 3.63) is 53.2 Å². The van der Waals surface area contributed by atoms with Gasteiger partial charge in [-0.2, -0.15) is 0 Å². The van der Waals surface area contributed by atoms with Crippen LogP contribution in [-0.4, -0.2) is 9.97 Å². The van der Waals surface area contributed by atoms with Crippen LogP contribution in [-0.2, 0) is 0 Å². The number of benzene rings is 1. The molecule has 3 aromatic rings. The molecule has 0 aliphatic rings. The van der Waals surface area contributed by atoms with Gasteiger partial charge in [0.05, 0.1) is 11.0 Å². The molecule has 0 radical (unpaired) electrons. The minimum atomic E-state index is -0.212. The summed E-state index contributed by atoms with van der Waals surface area (Å²) in [5, 5.41) is 2.35. The maximum atomic E-state index is 13.5. The lowest BCUT2D eigenvalue weighted by atomic mass is 10.1. The summed E-state index contributed by atoms with van der Waals surface area (Å²) in [6.07, 6.45) is 3.77. The van der Waals surface area contributed by atoms with Gasteiger partial charge in [-0.25, -0.2) is 9.37 Å². The molecule has 3 rings (SSSR count). The summed E-state index contributed by atoms with van der Waals surface area (Å²) in [5.74, 6) is -0.212. The summed E-state index contributed by atoms with van der Waals surface area (Å²) < 4.78 is 13.5. The quantitative estimate of drug-likeness (QED) is 0.718. The van der Waals surface area contributed by atoms with Gasteiger partial charge in [0.15, 0.2) is 0 Å². The third-order valence-electron chi connectivity index (χ3n) is 3.43. The molecule has 3 heteroatoms.